The highest BCUT2D eigenvalue weighted by molar-refractivity contribution is 7.10. The van der Waals surface area contributed by atoms with Crippen LogP contribution >= 0.6 is 11.3 Å². The summed E-state index contributed by atoms with van der Waals surface area (Å²) in [5, 5.41) is 5.72. The van der Waals surface area contributed by atoms with Crippen LogP contribution in [0.15, 0.2) is 11.4 Å². The van der Waals surface area contributed by atoms with Crippen LogP contribution in [0, 0.1) is 0 Å². The van der Waals surface area contributed by atoms with Crippen LogP contribution in [-0.4, -0.2) is 35.7 Å². The van der Waals surface area contributed by atoms with Gasteiger partial charge in [0.05, 0.1) is 0 Å². The van der Waals surface area contributed by atoms with Gasteiger partial charge in [-0.15, -0.1) is 11.3 Å². The maximum absolute atomic E-state index is 12.0. The van der Waals surface area contributed by atoms with E-state index in [9.17, 15) is 4.79 Å². The molecule has 0 spiro atoms. The minimum atomic E-state index is -0.421. The SMILES string of the molecule is CCc1ccsc1CNC1CCN(C(=O)OC(C)(C)C)C1. The zero-order chi connectivity index (χ0) is 15.5. The van der Waals surface area contributed by atoms with Crippen molar-refractivity contribution in [2.75, 3.05) is 13.1 Å². The van der Waals surface area contributed by atoms with Gasteiger partial charge in [-0.05, 0) is 50.6 Å². The van der Waals surface area contributed by atoms with Crippen LogP contribution in [0.2, 0.25) is 0 Å². The molecular formula is C16H26N2O2S. The van der Waals surface area contributed by atoms with E-state index in [2.05, 4.69) is 23.7 Å². The van der Waals surface area contributed by atoms with Gasteiger partial charge in [0.15, 0.2) is 0 Å². The first kappa shape index (κ1) is 16.3. The minimum absolute atomic E-state index is 0.197. The van der Waals surface area contributed by atoms with Crippen molar-refractivity contribution in [3.63, 3.8) is 0 Å². The summed E-state index contributed by atoms with van der Waals surface area (Å²) in [7, 11) is 0. The molecule has 0 aromatic carbocycles. The summed E-state index contributed by atoms with van der Waals surface area (Å²) in [5.74, 6) is 0. The summed E-state index contributed by atoms with van der Waals surface area (Å²) in [6, 6.07) is 2.56. The molecule has 0 radical (unpaired) electrons. The minimum Gasteiger partial charge on any atom is -0.444 e. The molecule has 21 heavy (non-hydrogen) atoms. The lowest BCUT2D eigenvalue weighted by Crippen LogP contribution is -2.38. The molecule has 0 bridgehead atoms. The molecule has 0 aliphatic carbocycles. The van der Waals surface area contributed by atoms with Crippen LogP contribution < -0.4 is 5.32 Å². The van der Waals surface area contributed by atoms with Gasteiger partial charge in [0, 0.05) is 30.6 Å². The Morgan fingerprint density at radius 1 is 1.52 bits per heavy atom. The van der Waals surface area contributed by atoms with Gasteiger partial charge in [0.1, 0.15) is 5.60 Å². The zero-order valence-electron chi connectivity index (χ0n) is 13.4. The van der Waals surface area contributed by atoms with E-state index in [1.807, 2.05) is 20.8 Å². The zero-order valence-corrected chi connectivity index (χ0v) is 14.3. The van der Waals surface area contributed by atoms with E-state index in [1.165, 1.54) is 10.4 Å². The van der Waals surface area contributed by atoms with Crippen molar-refractivity contribution in [2.24, 2.45) is 0 Å². The molecule has 1 fully saturated rings. The molecule has 2 rings (SSSR count). The average molecular weight is 310 g/mol. The number of rotatable bonds is 4. The molecule has 1 aliphatic rings. The number of aryl methyl sites for hydroxylation is 1. The smallest absolute Gasteiger partial charge is 0.410 e. The molecule has 4 nitrogen and oxygen atoms in total. The summed E-state index contributed by atoms with van der Waals surface area (Å²) in [6.45, 7) is 10.3. The number of thiophene rings is 1. The maximum Gasteiger partial charge on any atom is 0.410 e. The van der Waals surface area contributed by atoms with Gasteiger partial charge in [-0.25, -0.2) is 4.79 Å². The fourth-order valence-corrected chi connectivity index (χ4v) is 3.42. The largest absolute Gasteiger partial charge is 0.444 e. The Morgan fingerprint density at radius 3 is 2.95 bits per heavy atom. The third-order valence-corrected chi connectivity index (χ3v) is 4.57. The van der Waals surface area contributed by atoms with E-state index in [-0.39, 0.29) is 6.09 Å². The number of nitrogens with zero attached hydrogens (tertiary/aromatic N) is 1. The topological polar surface area (TPSA) is 41.6 Å². The molecule has 1 N–H and O–H groups in total. The summed E-state index contributed by atoms with van der Waals surface area (Å²) < 4.78 is 5.42. The van der Waals surface area contributed by atoms with Crippen molar-refractivity contribution in [1.82, 2.24) is 10.2 Å². The summed E-state index contributed by atoms with van der Waals surface area (Å²) in [5.41, 5.74) is 1.00. The van der Waals surface area contributed by atoms with Gasteiger partial charge in [0.2, 0.25) is 0 Å². The molecule has 5 heteroatoms. The molecule has 1 unspecified atom stereocenters. The highest BCUT2D eigenvalue weighted by Crippen LogP contribution is 2.19. The number of ether oxygens (including phenoxy) is 1. The highest BCUT2D eigenvalue weighted by Gasteiger charge is 2.29. The van der Waals surface area contributed by atoms with Crippen molar-refractivity contribution in [3.8, 4) is 0 Å². The summed E-state index contributed by atoms with van der Waals surface area (Å²) in [4.78, 5) is 15.2. The van der Waals surface area contributed by atoms with E-state index in [1.54, 1.807) is 16.2 Å². The first-order valence-corrected chi connectivity index (χ1v) is 8.53. The molecule has 0 saturated carbocycles. The van der Waals surface area contributed by atoms with Crippen LogP contribution in [0.5, 0.6) is 0 Å². The van der Waals surface area contributed by atoms with Gasteiger partial charge in [-0.3, -0.25) is 0 Å². The predicted molar refractivity (Wildman–Crippen MR) is 86.7 cm³/mol. The Morgan fingerprint density at radius 2 is 2.29 bits per heavy atom. The molecular weight excluding hydrogens is 284 g/mol. The molecule has 1 amide bonds. The van der Waals surface area contributed by atoms with Crippen molar-refractivity contribution >= 4 is 17.4 Å². The van der Waals surface area contributed by atoms with Crippen molar-refractivity contribution in [3.05, 3.63) is 21.9 Å². The molecule has 1 aromatic heterocycles. The van der Waals surface area contributed by atoms with E-state index >= 15 is 0 Å². The molecule has 1 aliphatic heterocycles. The average Bonchev–Trinajstić information content (AvgIpc) is 3.03. The van der Waals surface area contributed by atoms with Crippen LogP contribution in [0.1, 0.15) is 44.6 Å². The molecule has 1 atom stereocenters. The van der Waals surface area contributed by atoms with Crippen molar-refractivity contribution in [1.29, 1.82) is 0 Å². The van der Waals surface area contributed by atoms with Gasteiger partial charge < -0.3 is 15.0 Å². The van der Waals surface area contributed by atoms with Gasteiger partial charge in [-0.2, -0.15) is 0 Å². The lowest BCUT2D eigenvalue weighted by molar-refractivity contribution is 0.0291. The number of hydrogen-bond acceptors (Lipinski definition) is 4. The Balaban J connectivity index is 1.79. The number of amides is 1. The quantitative estimate of drug-likeness (QED) is 0.926. The normalized spacial score (nSPS) is 19.0. The molecule has 2 heterocycles. The highest BCUT2D eigenvalue weighted by atomic mass is 32.1. The van der Waals surface area contributed by atoms with Crippen LogP contribution in [0.4, 0.5) is 4.79 Å². The Labute approximate surface area is 131 Å². The van der Waals surface area contributed by atoms with E-state index in [0.29, 0.717) is 6.04 Å². The number of nitrogens with one attached hydrogen (secondary N) is 1. The van der Waals surface area contributed by atoms with E-state index in [0.717, 1.165) is 32.5 Å². The Bertz CT molecular complexity index is 479. The first-order chi connectivity index (χ1) is 9.89. The lowest BCUT2D eigenvalue weighted by atomic mass is 10.2. The van der Waals surface area contributed by atoms with Crippen LogP contribution in [0.25, 0.3) is 0 Å². The second-order valence-electron chi connectivity index (χ2n) is 6.52. The predicted octanol–water partition coefficient (Wildman–Crippen LogP) is 3.41. The summed E-state index contributed by atoms with van der Waals surface area (Å²) in [6.07, 6.45) is 1.87. The fourth-order valence-electron chi connectivity index (χ4n) is 2.49. The monoisotopic (exact) mass is 310 g/mol. The Kier molecular flexibility index (Phi) is 5.27. The van der Waals surface area contributed by atoms with Crippen LogP contribution in [-0.2, 0) is 17.7 Å². The number of likely N-dealkylation sites (tertiary alicyclic amines) is 1. The maximum atomic E-state index is 12.0. The second kappa shape index (κ2) is 6.79. The van der Waals surface area contributed by atoms with Crippen molar-refractivity contribution in [2.45, 2.75) is 58.7 Å². The molecule has 1 aromatic rings. The lowest BCUT2D eigenvalue weighted by Gasteiger charge is -2.24. The standard InChI is InChI=1S/C16H26N2O2S/c1-5-12-7-9-21-14(12)10-17-13-6-8-18(11-13)15(19)20-16(2,3)4/h7,9,13,17H,5-6,8,10-11H2,1-4H3. The Hall–Kier alpha value is -1.07. The van der Waals surface area contributed by atoms with Gasteiger partial charge >= 0.3 is 6.09 Å². The van der Waals surface area contributed by atoms with Gasteiger partial charge in [0.25, 0.3) is 0 Å². The molecule has 1 saturated heterocycles. The van der Waals surface area contributed by atoms with Crippen LogP contribution in [0.3, 0.4) is 0 Å². The number of carbonyl (C=O) groups is 1. The van der Waals surface area contributed by atoms with E-state index in [4.69, 9.17) is 4.74 Å². The van der Waals surface area contributed by atoms with Crippen molar-refractivity contribution < 1.29 is 9.53 Å². The van der Waals surface area contributed by atoms with E-state index < -0.39 is 5.60 Å². The second-order valence-corrected chi connectivity index (χ2v) is 7.52. The summed E-state index contributed by atoms with van der Waals surface area (Å²) >= 11 is 1.80. The van der Waals surface area contributed by atoms with Gasteiger partial charge in [-0.1, -0.05) is 6.92 Å². The number of carbonyl (C=O) groups excluding carboxylic acids is 1. The third kappa shape index (κ3) is 4.71. The third-order valence-electron chi connectivity index (χ3n) is 3.61. The first-order valence-electron chi connectivity index (χ1n) is 7.65. The fraction of sp³-hybridized carbons (Fsp3) is 0.688. The number of hydrogen-bond donors (Lipinski definition) is 1. The molecule has 118 valence electrons.